The average molecular weight is 360 g/mol. The minimum atomic E-state index is -0.216. The van der Waals surface area contributed by atoms with Crippen LogP contribution in [0.4, 0.5) is 11.6 Å². The van der Waals surface area contributed by atoms with Crippen molar-refractivity contribution in [1.29, 1.82) is 0 Å². The highest BCUT2D eigenvalue weighted by Gasteiger charge is 2.34. The van der Waals surface area contributed by atoms with Crippen molar-refractivity contribution >= 4 is 11.6 Å². The Hall–Kier alpha value is -2.79. The largest absolute Gasteiger partial charge is 0.395 e. The van der Waals surface area contributed by atoms with Crippen LogP contribution in [0.5, 0.6) is 0 Å². The summed E-state index contributed by atoms with van der Waals surface area (Å²) in [7, 11) is 0. The molecule has 0 saturated heterocycles. The SMILES string of the molecule is CCc1ccccc1Nc1nccc(-c2cnc3c(c2)C(C)(CO)CC3)n1. The van der Waals surface area contributed by atoms with Crippen molar-refractivity contribution in [3.8, 4) is 11.3 Å². The molecule has 0 bridgehead atoms. The molecule has 5 nitrogen and oxygen atoms in total. The van der Waals surface area contributed by atoms with E-state index in [0.29, 0.717) is 5.95 Å². The highest BCUT2D eigenvalue weighted by atomic mass is 16.3. The van der Waals surface area contributed by atoms with Gasteiger partial charge in [0.05, 0.1) is 12.3 Å². The predicted molar refractivity (Wildman–Crippen MR) is 107 cm³/mol. The van der Waals surface area contributed by atoms with Gasteiger partial charge in [-0.05, 0) is 48.6 Å². The summed E-state index contributed by atoms with van der Waals surface area (Å²) in [6, 6.07) is 12.2. The van der Waals surface area contributed by atoms with E-state index in [9.17, 15) is 5.11 Å². The van der Waals surface area contributed by atoms with E-state index in [-0.39, 0.29) is 12.0 Å². The van der Waals surface area contributed by atoms with Crippen molar-refractivity contribution in [3.05, 3.63) is 65.6 Å². The maximum absolute atomic E-state index is 9.83. The van der Waals surface area contributed by atoms with Gasteiger partial charge < -0.3 is 10.4 Å². The zero-order valence-corrected chi connectivity index (χ0v) is 15.7. The second-order valence-corrected chi connectivity index (χ2v) is 7.34. The number of pyridine rings is 1. The number of hydrogen-bond donors (Lipinski definition) is 2. The quantitative estimate of drug-likeness (QED) is 0.718. The molecule has 0 radical (unpaired) electrons. The first-order chi connectivity index (χ1) is 13.1. The molecule has 2 aromatic heterocycles. The molecule has 138 valence electrons. The van der Waals surface area contributed by atoms with E-state index < -0.39 is 0 Å². The van der Waals surface area contributed by atoms with Crippen molar-refractivity contribution in [2.45, 2.75) is 38.5 Å². The zero-order chi connectivity index (χ0) is 18.9. The zero-order valence-electron chi connectivity index (χ0n) is 15.7. The molecule has 0 fully saturated rings. The summed E-state index contributed by atoms with van der Waals surface area (Å²) in [5.74, 6) is 0.568. The van der Waals surface area contributed by atoms with Crippen LogP contribution < -0.4 is 5.32 Å². The third kappa shape index (κ3) is 3.30. The number of anilines is 2. The Bertz CT molecular complexity index is 972. The van der Waals surface area contributed by atoms with Crippen molar-refractivity contribution in [1.82, 2.24) is 15.0 Å². The van der Waals surface area contributed by atoms with Gasteiger partial charge in [-0.25, -0.2) is 9.97 Å². The number of aliphatic hydroxyl groups is 1. The predicted octanol–water partition coefficient (Wildman–Crippen LogP) is 4.04. The third-order valence-electron chi connectivity index (χ3n) is 5.48. The molecule has 5 heteroatoms. The van der Waals surface area contributed by atoms with E-state index in [1.807, 2.05) is 30.5 Å². The minimum Gasteiger partial charge on any atom is -0.395 e. The molecule has 2 heterocycles. The molecule has 0 aliphatic heterocycles. The van der Waals surface area contributed by atoms with E-state index in [4.69, 9.17) is 0 Å². The first kappa shape index (κ1) is 17.6. The number of para-hydroxylation sites is 1. The van der Waals surface area contributed by atoms with Crippen molar-refractivity contribution < 1.29 is 5.11 Å². The van der Waals surface area contributed by atoms with Crippen molar-refractivity contribution in [3.63, 3.8) is 0 Å². The van der Waals surface area contributed by atoms with Gasteiger partial charge in [-0.3, -0.25) is 4.98 Å². The fourth-order valence-corrected chi connectivity index (χ4v) is 3.70. The molecule has 0 amide bonds. The number of aromatic nitrogens is 3. The van der Waals surface area contributed by atoms with Gasteiger partial charge in [0.2, 0.25) is 5.95 Å². The van der Waals surface area contributed by atoms with Gasteiger partial charge >= 0.3 is 0 Å². The van der Waals surface area contributed by atoms with E-state index in [1.54, 1.807) is 6.20 Å². The second kappa shape index (κ2) is 7.08. The Morgan fingerprint density at radius 2 is 2.04 bits per heavy atom. The minimum absolute atomic E-state index is 0.134. The number of fused-ring (bicyclic) bond motifs is 1. The van der Waals surface area contributed by atoms with E-state index in [2.05, 4.69) is 46.2 Å². The fourth-order valence-electron chi connectivity index (χ4n) is 3.70. The molecule has 27 heavy (non-hydrogen) atoms. The molecular weight excluding hydrogens is 336 g/mol. The Balaban J connectivity index is 1.67. The van der Waals surface area contributed by atoms with Crippen LogP contribution in [0.25, 0.3) is 11.3 Å². The average Bonchev–Trinajstić information content (AvgIpc) is 3.05. The van der Waals surface area contributed by atoms with Crippen molar-refractivity contribution in [2.24, 2.45) is 0 Å². The number of nitrogens with one attached hydrogen (secondary N) is 1. The molecule has 1 aliphatic rings. The summed E-state index contributed by atoms with van der Waals surface area (Å²) < 4.78 is 0. The second-order valence-electron chi connectivity index (χ2n) is 7.34. The normalized spacial score (nSPS) is 18.3. The van der Waals surface area contributed by atoms with Crippen LogP contribution in [0, 0.1) is 0 Å². The van der Waals surface area contributed by atoms with Crippen LogP contribution in [-0.2, 0) is 18.3 Å². The Morgan fingerprint density at radius 1 is 1.19 bits per heavy atom. The summed E-state index contributed by atoms with van der Waals surface area (Å²) in [5.41, 5.74) is 6.02. The highest BCUT2D eigenvalue weighted by molar-refractivity contribution is 5.64. The van der Waals surface area contributed by atoms with Gasteiger partial charge in [0.15, 0.2) is 0 Å². The fraction of sp³-hybridized carbons (Fsp3) is 0.318. The van der Waals surface area contributed by atoms with E-state index >= 15 is 0 Å². The van der Waals surface area contributed by atoms with Crippen LogP contribution in [-0.4, -0.2) is 26.7 Å². The maximum Gasteiger partial charge on any atom is 0.227 e. The Kier molecular flexibility index (Phi) is 4.62. The first-order valence-electron chi connectivity index (χ1n) is 9.41. The Labute approximate surface area is 159 Å². The molecule has 1 unspecified atom stereocenters. The van der Waals surface area contributed by atoms with Crippen LogP contribution in [0.2, 0.25) is 0 Å². The molecule has 0 spiro atoms. The smallest absolute Gasteiger partial charge is 0.227 e. The number of aliphatic hydroxyl groups excluding tert-OH is 1. The molecular formula is C22H24N4O. The number of aryl methyl sites for hydroxylation is 2. The highest BCUT2D eigenvalue weighted by Crippen LogP contribution is 2.39. The van der Waals surface area contributed by atoms with Gasteiger partial charge in [-0.15, -0.1) is 0 Å². The molecule has 1 aliphatic carbocycles. The standard InChI is InChI=1S/C22H24N4O/c1-3-15-6-4-5-7-18(15)25-21-23-11-9-19(26-21)16-12-17-20(24-13-16)8-10-22(17,2)14-27/h4-7,9,11-13,27H,3,8,10,14H2,1-2H3,(H,23,25,26). The van der Waals surface area contributed by atoms with Crippen molar-refractivity contribution in [2.75, 3.05) is 11.9 Å². The summed E-state index contributed by atoms with van der Waals surface area (Å²) in [4.78, 5) is 13.7. The molecule has 4 rings (SSSR count). The van der Waals surface area contributed by atoms with Crippen LogP contribution in [0.1, 0.15) is 37.1 Å². The van der Waals surface area contributed by atoms with E-state index in [1.165, 1.54) is 5.56 Å². The lowest BCUT2D eigenvalue weighted by molar-refractivity contribution is 0.206. The van der Waals surface area contributed by atoms with Gasteiger partial charge in [0.25, 0.3) is 0 Å². The molecule has 2 N–H and O–H groups in total. The molecule has 1 aromatic carbocycles. The number of nitrogens with zero attached hydrogens (tertiary/aromatic N) is 3. The third-order valence-corrected chi connectivity index (χ3v) is 5.48. The van der Waals surface area contributed by atoms with Gasteiger partial charge in [0, 0.05) is 34.8 Å². The maximum atomic E-state index is 9.83. The lowest BCUT2D eigenvalue weighted by Gasteiger charge is -2.22. The van der Waals surface area contributed by atoms with Crippen LogP contribution >= 0.6 is 0 Å². The monoisotopic (exact) mass is 360 g/mol. The molecule has 3 aromatic rings. The van der Waals surface area contributed by atoms with Gasteiger partial charge in [-0.2, -0.15) is 0 Å². The van der Waals surface area contributed by atoms with Gasteiger partial charge in [0.1, 0.15) is 0 Å². The summed E-state index contributed by atoms with van der Waals surface area (Å²) in [6.07, 6.45) is 6.42. The number of benzene rings is 1. The Morgan fingerprint density at radius 3 is 2.85 bits per heavy atom. The molecule has 0 saturated carbocycles. The number of hydrogen-bond acceptors (Lipinski definition) is 5. The molecule has 1 atom stereocenters. The summed E-state index contributed by atoms with van der Waals surface area (Å²) >= 11 is 0. The lowest BCUT2D eigenvalue weighted by Crippen LogP contribution is -2.23. The first-order valence-corrected chi connectivity index (χ1v) is 9.41. The summed E-state index contributed by atoms with van der Waals surface area (Å²) in [5, 5.41) is 13.2. The van der Waals surface area contributed by atoms with Crippen LogP contribution in [0.15, 0.2) is 48.8 Å². The summed E-state index contributed by atoms with van der Waals surface area (Å²) in [6.45, 7) is 4.36. The van der Waals surface area contributed by atoms with Gasteiger partial charge in [-0.1, -0.05) is 32.0 Å². The lowest BCUT2D eigenvalue weighted by atomic mass is 9.85. The van der Waals surface area contributed by atoms with E-state index in [0.717, 1.165) is 47.5 Å². The number of rotatable bonds is 5. The van der Waals surface area contributed by atoms with Crippen LogP contribution in [0.3, 0.4) is 0 Å². The topological polar surface area (TPSA) is 70.9 Å².